The molecule has 0 saturated carbocycles. The Bertz CT molecular complexity index is 1130. The Kier molecular flexibility index (Phi) is 7.78. The minimum atomic E-state index is -0.762. The molecule has 1 unspecified atom stereocenters. The standard InChI is InChI=1S/C25H22Cl2O5/c1-30-17-7-4-15(5-8-17)21(25(29)20-10-6-16(26)12-24(20)32-3)14-23(28)19-11-9-18(31-2)13-22(19)27/h4-13,21H,14H2,1-3H3. The van der Waals surface area contributed by atoms with Gasteiger partial charge in [-0.05, 0) is 54.1 Å². The summed E-state index contributed by atoms with van der Waals surface area (Å²) < 4.78 is 15.7. The van der Waals surface area contributed by atoms with Crippen LogP contribution in [-0.2, 0) is 0 Å². The number of ketones is 2. The van der Waals surface area contributed by atoms with Crippen LogP contribution in [0.5, 0.6) is 17.2 Å². The molecule has 166 valence electrons. The van der Waals surface area contributed by atoms with E-state index in [1.54, 1.807) is 67.8 Å². The van der Waals surface area contributed by atoms with Gasteiger partial charge in [0.25, 0.3) is 0 Å². The number of halogens is 2. The van der Waals surface area contributed by atoms with Gasteiger partial charge in [0, 0.05) is 17.0 Å². The summed E-state index contributed by atoms with van der Waals surface area (Å²) in [5.41, 5.74) is 1.33. The van der Waals surface area contributed by atoms with Gasteiger partial charge in [0.1, 0.15) is 17.2 Å². The van der Waals surface area contributed by atoms with Gasteiger partial charge in [-0.25, -0.2) is 0 Å². The summed E-state index contributed by atoms with van der Waals surface area (Å²) in [6, 6.07) is 16.7. The molecule has 3 aromatic rings. The third-order valence-electron chi connectivity index (χ3n) is 5.13. The van der Waals surface area contributed by atoms with E-state index in [9.17, 15) is 9.59 Å². The second kappa shape index (κ2) is 10.5. The highest BCUT2D eigenvalue weighted by Gasteiger charge is 2.28. The van der Waals surface area contributed by atoms with Crippen molar-refractivity contribution < 1.29 is 23.8 Å². The second-order valence-electron chi connectivity index (χ2n) is 7.01. The van der Waals surface area contributed by atoms with Crippen molar-refractivity contribution in [2.24, 2.45) is 0 Å². The number of Topliss-reactive ketones (excluding diaryl/α,β-unsaturated/α-hetero) is 2. The first-order chi connectivity index (χ1) is 15.4. The molecule has 3 rings (SSSR count). The Hall–Kier alpha value is -3.02. The number of benzene rings is 3. The van der Waals surface area contributed by atoms with Crippen molar-refractivity contribution in [1.29, 1.82) is 0 Å². The lowest BCUT2D eigenvalue weighted by Gasteiger charge is -2.18. The number of hydrogen-bond acceptors (Lipinski definition) is 5. The van der Waals surface area contributed by atoms with Gasteiger partial charge in [-0.2, -0.15) is 0 Å². The fraction of sp³-hybridized carbons (Fsp3) is 0.200. The van der Waals surface area contributed by atoms with E-state index in [2.05, 4.69) is 0 Å². The first-order valence-corrected chi connectivity index (χ1v) is 10.5. The largest absolute Gasteiger partial charge is 0.497 e. The molecule has 0 spiro atoms. The smallest absolute Gasteiger partial charge is 0.174 e. The summed E-state index contributed by atoms with van der Waals surface area (Å²) in [6.07, 6.45) is -0.0804. The maximum atomic E-state index is 13.6. The topological polar surface area (TPSA) is 61.8 Å². The molecule has 0 amide bonds. The second-order valence-corrected chi connectivity index (χ2v) is 7.85. The van der Waals surface area contributed by atoms with Crippen molar-refractivity contribution in [3.05, 3.63) is 87.4 Å². The van der Waals surface area contributed by atoms with Crippen LogP contribution >= 0.6 is 23.2 Å². The summed E-state index contributed by atoms with van der Waals surface area (Å²) in [5, 5.41) is 0.708. The summed E-state index contributed by atoms with van der Waals surface area (Å²) in [5.74, 6) is 0.243. The van der Waals surface area contributed by atoms with E-state index in [1.807, 2.05) is 0 Å². The molecular formula is C25H22Cl2O5. The van der Waals surface area contributed by atoms with Gasteiger partial charge in [0.15, 0.2) is 11.6 Å². The Morgan fingerprint density at radius 2 is 1.41 bits per heavy atom. The van der Waals surface area contributed by atoms with Crippen molar-refractivity contribution >= 4 is 34.8 Å². The van der Waals surface area contributed by atoms with Crippen molar-refractivity contribution in [1.82, 2.24) is 0 Å². The molecule has 0 aromatic heterocycles. The maximum absolute atomic E-state index is 13.6. The molecule has 0 radical (unpaired) electrons. The van der Waals surface area contributed by atoms with E-state index < -0.39 is 5.92 Å². The lowest BCUT2D eigenvalue weighted by molar-refractivity contribution is 0.0891. The van der Waals surface area contributed by atoms with Crippen molar-refractivity contribution in [2.45, 2.75) is 12.3 Å². The molecule has 0 saturated heterocycles. The average molecular weight is 473 g/mol. The number of carbonyl (C=O) groups excluding carboxylic acids is 2. The minimum Gasteiger partial charge on any atom is -0.497 e. The SMILES string of the molecule is COc1ccc(C(CC(=O)c2ccc(OC)cc2Cl)C(=O)c2ccc(Cl)cc2OC)cc1. The molecule has 0 N–H and O–H groups in total. The number of ether oxygens (including phenoxy) is 3. The fourth-order valence-electron chi connectivity index (χ4n) is 3.40. The van der Waals surface area contributed by atoms with Crippen LogP contribution in [-0.4, -0.2) is 32.9 Å². The van der Waals surface area contributed by atoms with Crippen LogP contribution in [0.25, 0.3) is 0 Å². The lowest BCUT2D eigenvalue weighted by atomic mass is 9.85. The molecule has 0 aliphatic carbocycles. The minimum absolute atomic E-state index is 0.0804. The highest BCUT2D eigenvalue weighted by atomic mass is 35.5. The lowest BCUT2D eigenvalue weighted by Crippen LogP contribution is -2.18. The molecule has 0 bridgehead atoms. The van der Waals surface area contributed by atoms with Gasteiger partial charge in [-0.3, -0.25) is 9.59 Å². The fourth-order valence-corrected chi connectivity index (χ4v) is 3.84. The average Bonchev–Trinajstić information content (AvgIpc) is 2.81. The third kappa shape index (κ3) is 5.23. The van der Waals surface area contributed by atoms with Crippen LogP contribution in [0.2, 0.25) is 10.0 Å². The van der Waals surface area contributed by atoms with E-state index >= 15 is 0 Å². The molecule has 5 nitrogen and oxygen atoms in total. The van der Waals surface area contributed by atoms with E-state index in [1.165, 1.54) is 14.2 Å². The van der Waals surface area contributed by atoms with Gasteiger partial charge in [0.2, 0.25) is 0 Å². The first kappa shape index (κ1) is 23.6. The van der Waals surface area contributed by atoms with Gasteiger partial charge in [-0.1, -0.05) is 35.3 Å². The quantitative estimate of drug-likeness (QED) is 0.344. The number of carbonyl (C=O) groups is 2. The van der Waals surface area contributed by atoms with Crippen LogP contribution < -0.4 is 14.2 Å². The van der Waals surface area contributed by atoms with Crippen molar-refractivity contribution in [3.8, 4) is 17.2 Å². The molecule has 0 aliphatic heterocycles. The zero-order chi connectivity index (χ0) is 23.3. The van der Waals surface area contributed by atoms with Gasteiger partial charge in [-0.15, -0.1) is 0 Å². The van der Waals surface area contributed by atoms with Crippen LogP contribution in [0.3, 0.4) is 0 Å². The number of rotatable bonds is 9. The third-order valence-corrected chi connectivity index (χ3v) is 5.68. The first-order valence-electron chi connectivity index (χ1n) is 9.76. The normalized spacial score (nSPS) is 11.5. The predicted molar refractivity (Wildman–Crippen MR) is 125 cm³/mol. The molecule has 32 heavy (non-hydrogen) atoms. The summed E-state index contributed by atoms with van der Waals surface area (Å²) in [6.45, 7) is 0. The molecule has 0 heterocycles. The van der Waals surface area contributed by atoms with Crippen LogP contribution in [0.15, 0.2) is 60.7 Å². The molecule has 7 heteroatoms. The Balaban J connectivity index is 2.01. The predicted octanol–water partition coefficient (Wildman–Crippen LogP) is 6.26. The molecule has 1 atom stereocenters. The highest BCUT2D eigenvalue weighted by Crippen LogP contribution is 2.33. The number of hydrogen-bond donors (Lipinski definition) is 0. The van der Waals surface area contributed by atoms with E-state index in [4.69, 9.17) is 37.4 Å². The summed E-state index contributed by atoms with van der Waals surface area (Å²) in [7, 11) is 4.55. The number of methoxy groups -OCH3 is 3. The maximum Gasteiger partial charge on any atom is 0.174 e. The molecular weight excluding hydrogens is 451 g/mol. The van der Waals surface area contributed by atoms with Crippen molar-refractivity contribution in [2.75, 3.05) is 21.3 Å². The van der Waals surface area contributed by atoms with Gasteiger partial charge in [0.05, 0.1) is 37.8 Å². The van der Waals surface area contributed by atoms with E-state index in [-0.39, 0.29) is 23.0 Å². The van der Waals surface area contributed by atoms with Gasteiger partial charge < -0.3 is 14.2 Å². The summed E-state index contributed by atoms with van der Waals surface area (Å²) >= 11 is 12.3. The Morgan fingerprint density at radius 3 is 2.00 bits per heavy atom. The summed E-state index contributed by atoms with van der Waals surface area (Å²) in [4.78, 5) is 26.7. The zero-order valence-corrected chi connectivity index (χ0v) is 19.4. The van der Waals surface area contributed by atoms with Crippen molar-refractivity contribution in [3.63, 3.8) is 0 Å². The Labute approximate surface area is 196 Å². The van der Waals surface area contributed by atoms with E-state index in [0.717, 1.165) is 0 Å². The van der Waals surface area contributed by atoms with Crippen LogP contribution in [0.1, 0.15) is 38.6 Å². The molecule has 0 aliphatic rings. The van der Waals surface area contributed by atoms with Crippen LogP contribution in [0.4, 0.5) is 0 Å². The zero-order valence-electron chi connectivity index (χ0n) is 17.9. The van der Waals surface area contributed by atoms with Gasteiger partial charge >= 0.3 is 0 Å². The van der Waals surface area contributed by atoms with E-state index in [0.29, 0.717) is 39.0 Å². The molecule has 3 aromatic carbocycles. The van der Waals surface area contributed by atoms with Crippen LogP contribution in [0, 0.1) is 0 Å². The highest BCUT2D eigenvalue weighted by molar-refractivity contribution is 6.34. The Morgan fingerprint density at radius 1 is 0.781 bits per heavy atom. The monoisotopic (exact) mass is 472 g/mol. The molecule has 0 fully saturated rings.